The van der Waals surface area contributed by atoms with Gasteiger partial charge in [0.1, 0.15) is 5.82 Å². The largest absolute Gasteiger partial charge is 0.293 e. The van der Waals surface area contributed by atoms with Crippen molar-refractivity contribution in [2.24, 2.45) is 0 Å². The number of carbonyl (C=O) groups excluding carboxylic acids is 1. The minimum absolute atomic E-state index is 0.147. The zero-order chi connectivity index (χ0) is 13.4. The summed E-state index contributed by atoms with van der Waals surface area (Å²) >= 11 is 1.63. The Labute approximate surface area is 116 Å². The number of hydrogen-bond donors (Lipinski definition) is 0. The third-order valence-corrected chi connectivity index (χ3v) is 4.96. The van der Waals surface area contributed by atoms with Crippen LogP contribution in [0, 0.1) is 12.7 Å². The smallest absolute Gasteiger partial charge is 0.177 e. The molecule has 0 spiro atoms. The predicted molar refractivity (Wildman–Crippen MR) is 75.5 cm³/mol. The van der Waals surface area contributed by atoms with Crippen LogP contribution in [0.5, 0.6) is 0 Å². The van der Waals surface area contributed by atoms with E-state index in [-0.39, 0.29) is 11.6 Å². The molecule has 0 N–H and O–H groups in total. The van der Waals surface area contributed by atoms with E-state index in [1.165, 1.54) is 29.0 Å². The van der Waals surface area contributed by atoms with Crippen molar-refractivity contribution in [2.45, 2.75) is 32.6 Å². The highest BCUT2D eigenvalue weighted by Crippen LogP contribution is 2.31. The lowest BCUT2D eigenvalue weighted by Crippen LogP contribution is -2.03. The third kappa shape index (κ3) is 2.47. The Morgan fingerprint density at radius 1 is 1.32 bits per heavy atom. The summed E-state index contributed by atoms with van der Waals surface area (Å²) in [6, 6.07) is 6.67. The maximum absolute atomic E-state index is 13.0. The van der Waals surface area contributed by atoms with Crippen molar-refractivity contribution >= 4 is 17.1 Å². The Balaban J connectivity index is 1.80. The van der Waals surface area contributed by atoms with Crippen LogP contribution in [-0.2, 0) is 19.3 Å². The number of aryl methyl sites for hydroxylation is 3. The first-order valence-corrected chi connectivity index (χ1v) is 7.35. The van der Waals surface area contributed by atoms with Gasteiger partial charge in [-0.3, -0.25) is 4.79 Å². The van der Waals surface area contributed by atoms with Gasteiger partial charge in [-0.2, -0.15) is 0 Å². The molecule has 3 rings (SSSR count). The first-order chi connectivity index (χ1) is 9.13. The lowest BCUT2D eigenvalue weighted by atomic mass is 10.0. The molecule has 1 aliphatic carbocycles. The normalized spacial score (nSPS) is 13.6. The molecule has 0 fully saturated rings. The average molecular weight is 274 g/mol. The van der Waals surface area contributed by atoms with Gasteiger partial charge in [0.2, 0.25) is 0 Å². The summed E-state index contributed by atoms with van der Waals surface area (Å²) in [4.78, 5) is 14.5. The Morgan fingerprint density at radius 2 is 2.16 bits per heavy atom. The fraction of sp³-hybridized carbons (Fsp3) is 0.312. The van der Waals surface area contributed by atoms with E-state index in [0.717, 1.165) is 28.8 Å². The highest BCUT2D eigenvalue weighted by atomic mass is 32.1. The summed E-state index contributed by atoms with van der Waals surface area (Å²) in [5.41, 5.74) is 3.11. The molecule has 0 saturated heterocycles. The van der Waals surface area contributed by atoms with E-state index in [9.17, 15) is 9.18 Å². The Kier molecular flexibility index (Phi) is 3.23. The first kappa shape index (κ1) is 12.5. The van der Waals surface area contributed by atoms with E-state index in [1.54, 1.807) is 17.4 Å². The number of benzene rings is 1. The monoisotopic (exact) mass is 274 g/mol. The second-order valence-corrected chi connectivity index (χ2v) is 6.22. The molecule has 0 bridgehead atoms. The molecular weight excluding hydrogens is 259 g/mol. The minimum atomic E-state index is -0.246. The molecule has 1 aliphatic rings. The van der Waals surface area contributed by atoms with Crippen molar-refractivity contribution < 1.29 is 9.18 Å². The summed E-state index contributed by atoms with van der Waals surface area (Å²) in [7, 11) is 0. The predicted octanol–water partition coefficient (Wildman–Crippen LogP) is 4.11. The molecule has 1 aromatic heterocycles. The minimum Gasteiger partial charge on any atom is -0.293 e. The number of Topliss-reactive ketones (excluding diaryl/α,β-unsaturated/α-hetero) is 1. The summed E-state index contributed by atoms with van der Waals surface area (Å²) in [6.07, 6.45) is 3.80. The molecular formula is C16H15FOS. The fourth-order valence-corrected chi connectivity index (χ4v) is 3.78. The average Bonchev–Trinajstić information content (AvgIpc) is 2.93. The van der Waals surface area contributed by atoms with Crippen LogP contribution in [0.2, 0.25) is 0 Å². The summed E-state index contributed by atoms with van der Waals surface area (Å²) in [5.74, 6) is -0.0992. The number of ketones is 1. The van der Waals surface area contributed by atoms with Crippen molar-refractivity contribution in [2.75, 3.05) is 0 Å². The molecule has 1 nitrogen and oxygen atoms in total. The molecule has 19 heavy (non-hydrogen) atoms. The van der Waals surface area contributed by atoms with E-state index < -0.39 is 0 Å². The molecule has 1 aromatic carbocycles. The Morgan fingerprint density at radius 3 is 2.89 bits per heavy atom. The number of rotatable bonds is 3. The Bertz CT molecular complexity index is 621. The molecule has 1 heterocycles. The number of halogens is 1. The van der Waals surface area contributed by atoms with Crippen molar-refractivity contribution in [3.63, 3.8) is 0 Å². The van der Waals surface area contributed by atoms with Gasteiger partial charge in [-0.05, 0) is 61.1 Å². The van der Waals surface area contributed by atoms with Crippen LogP contribution in [0.15, 0.2) is 24.3 Å². The summed E-state index contributed by atoms with van der Waals surface area (Å²) in [6.45, 7) is 1.85. The molecule has 98 valence electrons. The van der Waals surface area contributed by atoms with Crippen molar-refractivity contribution in [3.8, 4) is 0 Å². The van der Waals surface area contributed by atoms with E-state index in [2.05, 4.69) is 0 Å². The van der Waals surface area contributed by atoms with Crippen LogP contribution in [0.3, 0.4) is 0 Å². The molecule has 0 saturated carbocycles. The molecule has 2 aromatic rings. The quantitative estimate of drug-likeness (QED) is 0.770. The van der Waals surface area contributed by atoms with Gasteiger partial charge in [0.15, 0.2) is 5.78 Å². The van der Waals surface area contributed by atoms with Gasteiger partial charge in [-0.1, -0.05) is 6.07 Å². The zero-order valence-corrected chi connectivity index (χ0v) is 11.6. The first-order valence-electron chi connectivity index (χ1n) is 6.53. The molecule has 0 unspecified atom stereocenters. The van der Waals surface area contributed by atoms with Gasteiger partial charge in [-0.15, -0.1) is 11.3 Å². The molecule has 0 atom stereocenters. The van der Waals surface area contributed by atoms with Crippen LogP contribution >= 0.6 is 11.3 Å². The van der Waals surface area contributed by atoms with Crippen LogP contribution in [0.25, 0.3) is 0 Å². The second kappa shape index (κ2) is 4.89. The number of thiophene rings is 1. The maximum atomic E-state index is 13.0. The van der Waals surface area contributed by atoms with Gasteiger partial charge < -0.3 is 0 Å². The lowest BCUT2D eigenvalue weighted by Gasteiger charge is -2.04. The summed E-state index contributed by atoms with van der Waals surface area (Å²) in [5, 5.41) is 0. The topological polar surface area (TPSA) is 17.1 Å². The van der Waals surface area contributed by atoms with E-state index in [1.807, 2.05) is 13.0 Å². The van der Waals surface area contributed by atoms with E-state index >= 15 is 0 Å². The van der Waals surface area contributed by atoms with Gasteiger partial charge in [-0.25, -0.2) is 4.39 Å². The van der Waals surface area contributed by atoms with Crippen LogP contribution < -0.4 is 0 Å². The lowest BCUT2D eigenvalue weighted by molar-refractivity contribution is 0.0996. The van der Waals surface area contributed by atoms with E-state index in [4.69, 9.17) is 0 Å². The highest BCUT2D eigenvalue weighted by Gasteiger charge is 2.18. The van der Waals surface area contributed by atoms with E-state index in [0.29, 0.717) is 6.42 Å². The standard InChI is InChI=1S/C16H15FOS/c1-10-7-13(17)6-5-11(10)8-14(18)16-9-12-3-2-4-15(12)19-16/h5-7,9H,2-4,8H2,1H3. The third-order valence-electron chi connectivity index (χ3n) is 3.68. The molecule has 0 amide bonds. The van der Waals surface area contributed by atoms with Crippen LogP contribution in [0.4, 0.5) is 4.39 Å². The van der Waals surface area contributed by atoms with Crippen LogP contribution in [0.1, 0.15) is 37.7 Å². The van der Waals surface area contributed by atoms with Gasteiger partial charge in [0, 0.05) is 11.3 Å². The van der Waals surface area contributed by atoms with Crippen LogP contribution in [-0.4, -0.2) is 5.78 Å². The van der Waals surface area contributed by atoms with Crippen molar-refractivity contribution in [3.05, 3.63) is 56.5 Å². The van der Waals surface area contributed by atoms with Crippen molar-refractivity contribution in [1.29, 1.82) is 0 Å². The second-order valence-electron chi connectivity index (χ2n) is 5.08. The number of hydrogen-bond acceptors (Lipinski definition) is 2. The molecule has 0 radical (unpaired) electrons. The Hall–Kier alpha value is -1.48. The van der Waals surface area contributed by atoms with Gasteiger partial charge in [0.25, 0.3) is 0 Å². The summed E-state index contributed by atoms with van der Waals surface area (Å²) < 4.78 is 13.0. The zero-order valence-electron chi connectivity index (χ0n) is 10.8. The number of carbonyl (C=O) groups is 1. The van der Waals surface area contributed by atoms with Crippen molar-refractivity contribution in [1.82, 2.24) is 0 Å². The highest BCUT2D eigenvalue weighted by molar-refractivity contribution is 7.14. The SMILES string of the molecule is Cc1cc(F)ccc1CC(=O)c1cc2c(s1)CCC2. The van der Waals surface area contributed by atoms with Gasteiger partial charge >= 0.3 is 0 Å². The number of fused-ring (bicyclic) bond motifs is 1. The maximum Gasteiger partial charge on any atom is 0.177 e. The van der Waals surface area contributed by atoms with Gasteiger partial charge in [0.05, 0.1) is 4.88 Å². The fourth-order valence-electron chi connectivity index (χ4n) is 2.58. The molecule has 3 heteroatoms. The molecule has 0 aliphatic heterocycles.